The van der Waals surface area contributed by atoms with Crippen molar-refractivity contribution in [2.75, 3.05) is 11.5 Å². The third kappa shape index (κ3) is 4.56. The topological polar surface area (TPSA) is 20.2 Å². The third-order valence-electron chi connectivity index (χ3n) is 2.38. The molecule has 0 radical (unpaired) electrons. The molecule has 1 N–H and O–H groups in total. The van der Waals surface area contributed by atoms with Crippen molar-refractivity contribution in [2.45, 2.75) is 25.9 Å². The molecule has 5 heteroatoms. The average Bonchev–Trinajstić information content (AvgIpc) is 2.30. The summed E-state index contributed by atoms with van der Waals surface area (Å²) in [5.74, 6) is 0.557. The van der Waals surface area contributed by atoms with Crippen LogP contribution in [0.15, 0.2) is 16.6 Å². The normalized spacial score (nSPS) is 12.8. The first-order chi connectivity index (χ1) is 8.06. The minimum absolute atomic E-state index is 0.0153. The van der Waals surface area contributed by atoms with Crippen molar-refractivity contribution in [3.63, 3.8) is 0 Å². The van der Waals surface area contributed by atoms with E-state index in [1.54, 1.807) is 11.8 Å². The Morgan fingerprint density at radius 2 is 2.12 bits per heavy atom. The molecule has 0 amide bonds. The molecule has 0 spiro atoms. The van der Waals surface area contributed by atoms with Crippen molar-refractivity contribution in [1.29, 1.82) is 0 Å². The Bertz CT molecular complexity index is 374. The van der Waals surface area contributed by atoms with Crippen LogP contribution in [-0.4, -0.2) is 22.7 Å². The molecular formula is C12H15BrF2OS. The van der Waals surface area contributed by atoms with E-state index in [2.05, 4.69) is 15.9 Å². The molecule has 1 unspecified atom stereocenters. The Morgan fingerprint density at radius 3 is 2.76 bits per heavy atom. The standard InChI is InChI=1S/C12H15BrF2OS/c1-2-17-6-5-8(16)7-9-11(14)4-3-10(13)12(9)15/h3-4,8,16H,2,5-7H2,1H3. The van der Waals surface area contributed by atoms with Crippen LogP contribution in [0.5, 0.6) is 0 Å². The number of aliphatic hydroxyl groups is 1. The third-order valence-corrected chi connectivity index (χ3v) is 3.92. The van der Waals surface area contributed by atoms with Gasteiger partial charge < -0.3 is 5.11 Å². The van der Waals surface area contributed by atoms with Gasteiger partial charge in [-0.25, -0.2) is 8.78 Å². The molecule has 1 atom stereocenters. The van der Waals surface area contributed by atoms with Gasteiger partial charge in [0.1, 0.15) is 11.6 Å². The lowest BCUT2D eigenvalue weighted by atomic mass is 10.1. The van der Waals surface area contributed by atoms with Gasteiger partial charge >= 0.3 is 0 Å². The second kappa shape index (κ2) is 7.34. The number of hydrogen-bond acceptors (Lipinski definition) is 2. The van der Waals surface area contributed by atoms with Gasteiger partial charge in [-0.2, -0.15) is 11.8 Å². The zero-order valence-corrected chi connectivity index (χ0v) is 12.0. The summed E-state index contributed by atoms with van der Waals surface area (Å²) < 4.78 is 27.2. The largest absolute Gasteiger partial charge is 0.393 e. The molecule has 0 saturated heterocycles. The number of thioether (sulfide) groups is 1. The van der Waals surface area contributed by atoms with Gasteiger partial charge in [-0.05, 0) is 46.0 Å². The van der Waals surface area contributed by atoms with Gasteiger partial charge in [0.05, 0.1) is 10.6 Å². The number of halogens is 3. The number of aliphatic hydroxyl groups excluding tert-OH is 1. The Balaban J connectivity index is 2.64. The molecule has 0 aliphatic heterocycles. The van der Waals surface area contributed by atoms with E-state index in [1.165, 1.54) is 12.1 Å². The first kappa shape index (κ1) is 14.9. The molecule has 17 heavy (non-hydrogen) atoms. The van der Waals surface area contributed by atoms with Crippen LogP contribution >= 0.6 is 27.7 Å². The molecule has 0 aliphatic rings. The van der Waals surface area contributed by atoms with E-state index < -0.39 is 17.7 Å². The molecular weight excluding hydrogens is 310 g/mol. The lowest BCUT2D eigenvalue weighted by molar-refractivity contribution is 0.169. The van der Waals surface area contributed by atoms with Crippen LogP contribution in [0.1, 0.15) is 18.9 Å². The lowest BCUT2D eigenvalue weighted by Gasteiger charge is -2.12. The fourth-order valence-corrected chi connectivity index (χ4v) is 2.56. The van der Waals surface area contributed by atoms with Crippen molar-refractivity contribution in [2.24, 2.45) is 0 Å². The van der Waals surface area contributed by atoms with Crippen molar-refractivity contribution in [3.8, 4) is 0 Å². The van der Waals surface area contributed by atoms with Gasteiger partial charge in [0, 0.05) is 12.0 Å². The molecule has 1 aromatic carbocycles. The summed E-state index contributed by atoms with van der Waals surface area (Å²) in [6.45, 7) is 2.03. The molecule has 0 aliphatic carbocycles. The Morgan fingerprint density at radius 1 is 1.41 bits per heavy atom. The average molecular weight is 325 g/mol. The molecule has 1 rings (SSSR count). The van der Waals surface area contributed by atoms with Crippen molar-refractivity contribution in [3.05, 3.63) is 33.8 Å². The highest BCUT2D eigenvalue weighted by Gasteiger charge is 2.16. The summed E-state index contributed by atoms with van der Waals surface area (Å²) in [4.78, 5) is 0. The van der Waals surface area contributed by atoms with Crippen LogP contribution in [0.3, 0.4) is 0 Å². The van der Waals surface area contributed by atoms with Crippen LogP contribution in [0.25, 0.3) is 0 Å². The fourth-order valence-electron chi connectivity index (χ4n) is 1.46. The highest BCUT2D eigenvalue weighted by molar-refractivity contribution is 9.10. The van der Waals surface area contributed by atoms with Crippen molar-refractivity contribution in [1.82, 2.24) is 0 Å². The van der Waals surface area contributed by atoms with Gasteiger partial charge in [0.15, 0.2) is 0 Å². The highest BCUT2D eigenvalue weighted by atomic mass is 79.9. The van der Waals surface area contributed by atoms with Crippen LogP contribution in [0.4, 0.5) is 8.78 Å². The van der Waals surface area contributed by atoms with Crippen LogP contribution < -0.4 is 0 Å². The van der Waals surface area contributed by atoms with E-state index in [-0.39, 0.29) is 16.5 Å². The molecule has 1 nitrogen and oxygen atoms in total. The monoisotopic (exact) mass is 324 g/mol. The van der Waals surface area contributed by atoms with Gasteiger partial charge in [-0.1, -0.05) is 6.92 Å². The van der Waals surface area contributed by atoms with E-state index in [9.17, 15) is 13.9 Å². The summed E-state index contributed by atoms with van der Waals surface area (Å²) in [7, 11) is 0. The van der Waals surface area contributed by atoms with Gasteiger partial charge in [0.25, 0.3) is 0 Å². The number of benzene rings is 1. The Hall–Kier alpha value is -0.130. The summed E-state index contributed by atoms with van der Waals surface area (Å²) >= 11 is 4.71. The van der Waals surface area contributed by atoms with E-state index in [4.69, 9.17) is 0 Å². The summed E-state index contributed by atoms with van der Waals surface area (Å²) in [5.41, 5.74) is -0.0478. The SMILES string of the molecule is CCSCCC(O)Cc1c(F)ccc(Br)c1F. The minimum atomic E-state index is -0.702. The van der Waals surface area contributed by atoms with E-state index >= 15 is 0 Å². The first-order valence-corrected chi connectivity index (χ1v) is 7.39. The first-order valence-electron chi connectivity index (χ1n) is 5.44. The lowest BCUT2D eigenvalue weighted by Crippen LogP contribution is -2.14. The zero-order valence-electron chi connectivity index (χ0n) is 9.55. The molecule has 1 aromatic rings. The van der Waals surface area contributed by atoms with Crippen LogP contribution in [0, 0.1) is 11.6 Å². The maximum atomic E-state index is 13.6. The van der Waals surface area contributed by atoms with Gasteiger partial charge in [-0.15, -0.1) is 0 Å². The van der Waals surface area contributed by atoms with Crippen molar-refractivity contribution >= 4 is 27.7 Å². The number of rotatable bonds is 6. The second-order valence-corrected chi connectivity index (χ2v) is 5.91. The Kier molecular flexibility index (Phi) is 6.44. The Labute approximate surface area is 113 Å². The molecule has 96 valence electrons. The minimum Gasteiger partial charge on any atom is -0.393 e. The quantitative estimate of drug-likeness (QED) is 0.635. The summed E-state index contributed by atoms with van der Waals surface area (Å²) in [5, 5.41) is 9.71. The summed E-state index contributed by atoms with van der Waals surface area (Å²) in [6.07, 6.45) is -0.141. The molecule has 0 aromatic heterocycles. The fraction of sp³-hybridized carbons (Fsp3) is 0.500. The van der Waals surface area contributed by atoms with Gasteiger partial charge in [-0.3, -0.25) is 0 Å². The number of hydrogen-bond donors (Lipinski definition) is 1. The molecule has 0 saturated carbocycles. The predicted molar refractivity (Wildman–Crippen MR) is 71.4 cm³/mol. The molecule has 0 heterocycles. The zero-order chi connectivity index (χ0) is 12.8. The maximum Gasteiger partial charge on any atom is 0.143 e. The molecule has 0 fully saturated rings. The molecule has 0 bridgehead atoms. The maximum absolute atomic E-state index is 13.6. The van der Waals surface area contributed by atoms with Gasteiger partial charge in [0.2, 0.25) is 0 Å². The smallest absolute Gasteiger partial charge is 0.143 e. The van der Waals surface area contributed by atoms with E-state index in [1.807, 2.05) is 6.92 Å². The van der Waals surface area contributed by atoms with E-state index in [0.29, 0.717) is 6.42 Å². The van der Waals surface area contributed by atoms with Crippen molar-refractivity contribution < 1.29 is 13.9 Å². The second-order valence-electron chi connectivity index (χ2n) is 3.67. The van der Waals surface area contributed by atoms with E-state index in [0.717, 1.165) is 11.5 Å². The summed E-state index contributed by atoms with van der Waals surface area (Å²) in [6, 6.07) is 2.53. The predicted octanol–water partition coefficient (Wildman–Crippen LogP) is 3.77. The van der Waals surface area contributed by atoms with Crippen LogP contribution in [-0.2, 0) is 6.42 Å². The van der Waals surface area contributed by atoms with Crippen LogP contribution in [0.2, 0.25) is 0 Å². The highest BCUT2D eigenvalue weighted by Crippen LogP contribution is 2.23.